The number of likely N-dealkylation sites (tertiary alicyclic amines) is 1. The molecule has 2 aliphatic rings. The Morgan fingerprint density at radius 3 is 2.62 bits per heavy atom. The molecule has 0 saturated carbocycles. The topological polar surface area (TPSA) is 44.8 Å². The van der Waals surface area contributed by atoms with E-state index in [1.807, 2.05) is 4.90 Å². The van der Waals surface area contributed by atoms with Crippen molar-refractivity contribution < 1.29 is 18.3 Å². The molecule has 2 aliphatic heterocycles. The van der Waals surface area contributed by atoms with Crippen LogP contribution in [0.3, 0.4) is 0 Å². The number of halogens is 2. The molecule has 2 amide bonds. The molecule has 0 bridgehead atoms. The van der Waals surface area contributed by atoms with Crippen LogP contribution in [0.15, 0.2) is 18.2 Å². The molecule has 1 aromatic carbocycles. The second-order valence-electron chi connectivity index (χ2n) is 7.04. The first kappa shape index (κ1) is 19.0. The van der Waals surface area contributed by atoms with E-state index in [1.54, 1.807) is 6.07 Å². The smallest absolute Gasteiger partial charge is 0.317 e. The van der Waals surface area contributed by atoms with E-state index in [4.69, 9.17) is 4.74 Å². The van der Waals surface area contributed by atoms with Gasteiger partial charge in [0.25, 0.3) is 0 Å². The van der Waals surface area contributed by atoms with Crippen molar-refractivity contribution in [2.24, 2.45) is 5.92 Å². The number of benzene rings is 1. The normalized spacial score (nSPS) is 19.5. The van der Waals surface area contributed by atoms with E-state index in [0.717, 1.165) is 64.8 Å². The van der Waals surface area contributed by atoms with Gasteiger partial charge in [-0.3, -0.25) is 4.90 Å². The van der Waals surface area contributed by atoms with Crippen LogP contribution >= 0.6 is 0 Å². The van der Waals surface area contributed by atoms with Crippen LogP contribution in [-0.4, -0.2) is 68.3 Å². The lowest BCUT2D eigenvalue weighted by atomic mass is 9.96. The Labute approximate surface area is 153 Å². The molecule has 3 rings (SSSR count). The third-order valence-corrected chi connectivity index (χ3v) is 5.22. The average Bonchev–Trinajstić information content (AvgIpc) is 2.66. The van der Waals surface area contributed by atoms with Gasteiger partial charge in [-0.25, -0.2) is 13.6 Å². The van der Waals surface area contributed by atoms with Crippen molar-refractivity contribution in [2.75, 3.05) is 52.5 Å². The summed E-state index contributed by atoms with van der Waals surface area (Å²) in [5, 5.41) is 2.81. The fourth-order valence-electron chi connectivity index (χ4n) is 3.62. The van der Waals surface area contributed by atoms with Gasteiger partial charge in [0.15, 0.2) is 11.6 Å². The molecular formula is C19H27F2N3O2. The Hall–Kier alpha value is -1.73. The number of morpholine rings is 1. The summed E-state index contributed by atoms with van der Waals surface area (Å²) >= 11 is 0. The molecule has 0 aromatic heterocycles. The largest absolute Gasteiger partial charge is 0.379 e. The summed E-state index contributed by atoms with van der Waals surface area (Å²) in [5.41, 5.74) is 0.287. The van der Waals surface area contributed by atoms with Crippen molar-refractivity contribution in [3.8, 4) is 0 Å². The van der Waals surface area contributed by atoms with E-state index in [9.17, 15) is 13.6 Å². The molecule has 1 aromatic rings. The van der Waals surface area contributed by atoms with Gasteiger partial charge in [0.05, 0.1) is 13.2 Å². The number of nitrogens with one attached hydrogen (secondary N) is 1. The number of carbonyl (C=O) groups is 1. The summed E-state index contributed by atoms with van der Waals surface area (Å²) in [7, 11) is 0. The maximum absolute atomic E-state index is 13.6. The van der Waals surface area contributed by atoms with Gasteiger partial charge in [-0.2, -0.15) is 0 Å². The zero-order valence-electron chi connectivity index (χ0n) is 15.1. The Morgan fingerprint density at radius 2 is 1.88 bits per heavy atom. The molecule has 2 heterocycles. The lowest BCUT2D eigenvalue weighted by Gasteiger charge is -2.36. The third-order valence-electron chi connectivity index (χ3n) is 5.22. The van der Waals surface area contributed by atoms with Crippen molar-refractivity contribution in [3.63, 3.8) is 0 Å². The van der Waals surface area contributed by atoms with Crippen LogP contribution in [0.1, 0.15) is 18.4 Å². The predicted molar refractivity (Wildman–Crippen MR) is 95.0 cm³/mol. The molecule has 7 heteroatoms. The minimum atomic E-state index is -0.851. The van der Waals surface area contributed by atoms with Crippen LogP contribution in [0.25, 0.3) is 0 Å². The van der Waals surface area contributed by atoms with Crippen LogP contribution in [0.5, 0.6) is 0 Å². The second-order valence-corrected chi connectivity index (χ2v) is 7.04. The molecule has 2 fully saturated rings. The highest BCUT2D eigenvalue weighted by atomic mass is 19.2. The van der Waals surface area contributed by atoms with E-state index >= 15 is 0 Å². The Kier molecular flexibility index (Phi) is 6.80. The Bertz CT molecular complexity index is 600. The highest BCUT2D eigenvalue weighted by molar-refractivity contribution is 5.74. The number of hydrogen-bond acceptors (Lipinski definition) is 3. The standard InChI is InChI=1S/C19H27F2N3O2/c20-17-3-1-2-16(18(17)21)4-7-22-19(25)24-8-5-15(6-9-24)14-23-10-12-26-13-11-23/h1-3,15H,4-14H2,(H,22,25). The fourth-order valence-corrected chi connectivity index (χ4v) is 3.62. The first-order valence-electron chi connectivity index (χ1n) is 9.39. The number of hydrogen-bond donors (Lipinski definition) is 1. The van der Waals surface area contributed by atoms with Gasteiger partial charge in [-0.05, 0) is 36.8 Å². The van der Waals surface area contributed by atoms with E-state index in [0.29, 0.717) is 12.5 Å². The minimum Gasteiger partial charge on any atom is -0.379 e. The van der Waals surface area contributed by atoms with Crippen molar-refractivity contribution in [2.45, 2.75) is 19.3 Å². The molecular weight excluding hydrogens is 340 g/mol. The number of nitrogens with zero attached hydrogens (tertiary/aromatic N) is 2. The number of piperidine rings is 1. The molecule has 0 aliphatic carbocycles. The zero-order valence-corrected chi connectivity index (χ0v) is 15.1. The number of rotatable bonds is 5. The molecule has 0 spiro atoms. The molecule has 26 heavy (non-hydrogen) atoms. The SMILES string of the molecule is O=C(NCCc1cccc(F)c1F)N1CCC(CN2CCOCC2)CC1. The van der Waals surface area contributed by atoms with Crippen LogP contribution in [0, 0.1) is 17.6 Å². The number of amides is 2. The summed E-state index contributed by atoms with van der Waals surface area (Å²) in [6, 6.07) is 4.00. The maximum atomic E-state index is 13.6. The van der Waals surface area contributed by atoms with Crippen LogP contribution in [0.2, 0.25) is 0 Å². The average molecular weight is 367 g/mol. The Balaban J connectivity index is 1.36. The number of urea groups is 1. The van der Waals surface area contributed by atoms with Crippen molar-refractivity contribution in [1.29, 1.82) is 0 Å². The van der Waals surface area contributed by atoms with E-state index in [1.165, 1.54) is 6.07 Å². The highest BCUT2D eigenvalue weighted by Crippen LogP contribution is 2.19. The molecule has 2 saturated heterocycles. The molecule has 5 nitrogen and oxygen atoms in total. The van der Waals surface area contributed by atoms with Crippen molar-refractivity contribution in [1.82, 2.24) is 15.1 Å². The maximum Gasteiger partial charge on any atom is 0.317 e. The zero-order chi connectivity index (χ0) is 18.4. The molecule has 0 radical (unpaired) electrons. The number of ether oxygens (including phenoxy) is 1. The van der Waals surface area contributed by atoms with E-state index in [2.05, 4.69) is 10.2 Å². The van der Waals surface area contributed by atoms with Crippen LogP contribution < -0.4 is 5.32 Å². The lowest BCUT2D eigenvalue weighted by Crippen LogP contribution is -2.47. The summed E-state index contributed by atoms with van der Waals surface area (Å²) < 4.78 is 32.2. The van der Waals surface area contributed by atoms with E-state index < -0.39 is 11.6 Å². The van der Waals surface area contributed by atoms with Gasteiger partial charge in [0.1, 0.15) is 0 Å². The first-order chi connectivity index (χ1) is 12.6. The molecule has 0 atom stereocenters. The second kappa shape index (κ2) is 9.28. The molecule has 0 unspecified atom stereocenters. The van der Waals surface area contributed by atoms with Gasteiger partial charge in [0.2, 0.25) is 0 Å². The van der Waals surface area contributed by atoms with Crippen LogP contribution in [0.4, 0.5) is 13.6 Å². The Morgan fingerprint density at radius 1 is 1.15 bits per heavy atom. The summed E-state index contributed by atoms with van der Waals surface area (Å²) in [4.78, 5) is 16.5. The van der Waals surface area contributed by atoms with Crippen molar-refractivity contribution >= 4 is 6.03 Å². The fraction of sp³-hybridized carbons (Fsp3) is 0.632. The lowest BCUT2D eigenvalue weighted by molar-refractivity contribution is 0.0258. The summed E-state index contributed by atoms with van der Waals surface area (Å²) in [5.74, 6) is -1.06. The molecule has 144 valence electrons. The van der Waals surface area contributed by atoms with Gasteiger partial charge >= 0.3 is 6.03 Å². The number of carbonyl (C=O) groups excluding carboxylic acids is 1. The van der Waals surface area contributed by atoms with E-state index in [-0.39, 0.29) is 18.0 Å². The summed E-state index contributed by atoms with van der Waals surface area (Å²) in [6.45, 7) is 6.49. The minimum absolute atomic E-state index is 0.119. The predicted octanol–water partition coefficient (Wildman–Crippen LogP) is 2.26. The van der Waals surface area contributed by atoms with Gasteiger partial charge in [0, 0.05) is 39.3 Å². The first-order valence-corrected chi connectivity index (χ1v) is 9.39. The van der Waals surface area contributed by atoms with Gasteiger partial charge in [-0.1, -0.05) is 12.1 Å². The monoisotopic (exact) mass is 367 g/mol. The van der Waals surface area contributed by atoms with Crippen molar-refractivity contribution in [3.05, 3.63) is 35.4 Å². The highest BCUT2D eigenvalue weighted by Gasteiger charge is 2.24. The quantitative estimate of drug-likeness (QED) is 0.868. The summed E-state index contributed by atoms with van der Waals surface area (Å²) in [6.07, 6.45) is 2.29. The third kappa shape index (κ3) is 5.14. The van der Waals surface area contributed by atoms with Gasteiger partial charge in [-0.15, -0.1) is 0 Å². The molecule has 1 N–H and O–H groups in total. The van der Waals surface area contributed by atoms with Gasteiger partial charge < -0.3 is 15.0 Å². The van der Waals surface area contributed by atoms with Crippen LogP contribution in [-0.2, 0) is 11.2 Å².